The molecule has 0 aromatic rings. The normalized spacial score (nSPS) is 4.20. The molecule has 0 aliphatic carbocycles. The van der Waals surface area contributed by atoms with E-state index in [1.165, 1.54) is 7.11 Å². The summed E-state index contributed by atoms with van der Waals surface area (Å²) < 4.78 is 0. The second-order valence-electron chi connectivity index (χ2n) is 0.257. The van der Waals surface area contributed by atoms with Gasteiger partial charge in [-0.1, -0.05) is 0 Å². The van der Waals surface area contributed by atoms with Gasteiger partial charge in [0.15, 0.2) is 5.34 Å². The molecule has 0 aliphatic heterocycles. The standard InChI is InChI=1S/CH3NO2.Ti/c1-4-2-3;/h1H3;. The fourth-order valence-electron chi connectivity index (χ4n) is 0. The molecule has 5 heavy (non-hydrogen) atoms. The van der Waals surface area contributed by atoms with E-state index in [1.807, 2.05) is 5.34 Å². The summed E-state index contributed by atoms with van der Waals surface area (Å²) in [4.78, 5) is 12.3. The zero-order valence-electron chi connectivity index (χ0n) is 2.76. The quantitative estimate of drug-likeness (QED) is 0.276. The molecule has 0 aromatic carbocycles. The Hall–Kier alpha value is 0.114. The first-order valence-corrected chi connectivity index (χ1v) is 0.773. The van der Waals surface area contributed by atoms with Crippen LogP contribution in [0.2, 0.25) is 0 Å². The summed E-state index contributed by atoms with van der Waals surface area (Å²) in [6.45, 7) is 0. The molecule has 0 saturated heterocycles. The smallest absolute Gasteiger partial charge is 0.154 e. The van der Waals surface area contributed by atoms with E-state index in [-0.39, 0.29) is 21.7 Å². The number of nitrogens with zero attached hydrogens (tertiary/aromatic N) is 1. The van der Waals surface area contributed by atoms with Crippen LogP contribution in [0, 0.1) is 4.91 Å². The molecule has 0 N–H and O–H groups in total. The molecule has 0 spiro atoms. The summed E-state index contributed by atoms with van der Waals surface area (Å²) in [6, 6.07) is 0. The van der Waals surface area contributed by atoms with E-state index in [4.69, 9.17) is 4.91 Å². The molecule has 0 bridgehead atoms. The van der Waals surface area contributed by atoms with Crippen molar-refractivity contribution in [1.29, 1.82) is 0 Å². The zero-order chi connectivity index (χ0) is 3.41. The average molecular weight is 109 g/mol. The molecule has 0 radical (unpaired) electrons. The Morgan fingerprint density at radius 2 is 2.00 bits per heavy atom. The van der Waals surface area contributed by atoms with Gasteiger partial charge in [0.1, 0.15) is 7.11 Å². The van der Waals surface area contributed by atoms with E-state index in [0.717, 1.165) is 0 Å². The van der Waals surface area contributed by atoms with Crippen LogP contribution in [0.1, 0.15) is 0 Å². The first-order chi connectivity index (χ1) is 1.91. The van der Waals surface area contributed by atoms with Crippen LogP contribution in [0.4, 0.5) is 0 Å². The average Bonchev–Trinajstić information content (AvgIpc) is 1.37. The van der Waals surface area contributed by atoms with Crippen LogP contribution >= 0.6 is 0 Å². The van der Waals surface area contributed by atoms with Crippen LogP contribution in [0.3, 0.4) is 0 Å². The molecular formula is CH3NO2Ti. The van der Waals surface area contributed by atoms with Crippen molar-refractivity contribution in [3.63, 3.8) is 0 Å². The maximum atomic E-state index is 8.70. The Balaban J connectivity index is 0. The minimum atomic E-state index is 0. The van der Waals surface area contributed by atoms with Gasteiger partial charge in [0.2, 0.25) is 0 Å². The van der Waals surface area contributed by atoms with Gasteiger partial charge < -0.3 is 4.84 Å². The minimum absolute atomic E-state index is 0. The molecule has 0 fully saturated rings. The van der Waals surface area contributed by atoms with Crippen LogP contribution < -0.4 is 0 Å². The van der Waals surface area contributed by atoms with Gasteiger partial charge in [-0.05, 0) is 0 Å². The van der Waals surface area contributed by atoms with E-state index in [1.54, 1.807) is 0 Å². The topological polar surface area (TPSA) is 38.7 Å². The molecule has 0 rings (SSSR count). The molecule has 0 heterocycles. The summed E-state index contributed by atoms with van der Waals surface area (Å²) in [5.74, 6) is 0. The van der Waals surface area contributed by atoms with Gasteiger partial charge in [0.05, 0.1) is 0 Å². The minimum Gasteiger partial charge on any atom is -0.367 e. The Kier molecular flexibility index (Phi) is 15.9. The Bertz CT molecular complexity index is 23.6. The first kappa shape index (κ1) is 8.93. The molecule has 4 heteroatoms. The second kappa shape index (κ2) is 8.93. The number of hydrogen-bond donors (Lipinski definition) is 0. The molecule has 0 aliphatic rings. The van der Waals surface area contributed by atoms with Crippen molar-refractivity contribution in [2.45, 2.75) is 0 Å². The van der Waals surface area contributed by atoms with Gasteiger partial charge >= 0.3 is 0 Å². The van der Waals surface area contributed by atoms with E-state index >= 15 is 0 Å². The van der Waals surface area contributed by atoms with Crippen molar-refractivity contribution in [2.75, 3.05) is 7.11 Å². The maximum absolute atomic E-state index is 8.70. The molecule has 3 nitrogen and oxygen atoms in total. The summed E-state index contributed by atoms with van der Waals surface area (Å²) in [6.07, 6.45) is 0. The molecular weight excluding hydrogens is 106 g/mol. The second-order valence-corrected chi connectivity index (χ2v) is 0.257. The molecule has 0 amide bonds. The third-order valence-corrected chi connectivity index (χ3v) is 0.0745. The number of rotatable bonds is 1. The maximum Gasteiger partial charge on any atom is 0.154 e. The Morgan fingerprint density at radius 3 is 2.00 bits per heavy atom. The van der Waals surface area contributed by atoms with Crippen LogP contribution in [0.15, 0.2) is 5.34 Å². The van der Waals surface area contributed by atoms with Gasteiger partial charge in [0.25, 0.3) is 0 Å². The summed E-state index contributed by atoms with van der Waals surface area (Å²) in [5.41, 5.74) is 0. The Labute approximate surface area is 44.5 Å². The van der Waals surface area contributed by atoms with E-state index in [2.05, 4.69) is 4.84 Å². The predicted molar refractivity (Wildman–Crippen MR) is 12.8 cm³/mol. The van der Waals surface area contributed by atoms with Crippen molar-refractivity contribution in [3.05, 3.63) is 4.91 Å². The van der Waals surface area contributed by atoms with Gasteiger partial charge in [-0.3, -0.25) is 0 Å². The van der Waals surface area contributed by atoms with Crippen molar-refractivity contribution in [2.24, 2.45) is 5.34 Å². The monoisotopic (exact) mass is 109 g/mol. The largest absolute Gasteiger partial charge is 0.367 e. The van der Waals surface area contributed by atoms with E-state index < -0.39 is 0 Å². The van der Waals surface area contributed by atoms with Crippen LogP contribution in [0.25, 0.3) is 0 Å². The van der Waals surface area contributed by atoms with Gasteiger partial charge in [0, 0.05) is 21.7 Å². The summed E-state index contributed by atoms with van der Waals surface area (Å²) in [7, 11) is 1.20. The summed E-state index contributed by atoms with van der Waals surface area (Å²) >= 11 is 0. The van der Waals surface area contributed by atoms with E-state index in [9.17, 15) is 0 Å². The molecule has 0 saturated carbocycles. The third-order valence-electron chi connectivity index (χ3n) is 0.0745. The van der Waals surface area contributed by atoms with Crippen LogP contribution in [-0.2, 0) is 26.6 Å². The van der Waals surface area contributed by atoms with Crippen LogP contribution in [-0.4, -0.2) is 7.11 Å². The fraction of sp³-hybridized carbons (Fsp3) is 1.00. The van der Waals surface area contributed by atoms with Crippen molar-refractivity contribution in [3.8, 4) is 0 Å². The van der Waals surface area contributed by atoms with Crippen LogP contribution in [0.5, 0.6) is 0 Å². The van der Waals surface area contributed by atoms with Gasteiger partial charge in [-0.15, -0.1) is 4.91 Å². The van der Waals surface area contributed by atoms with Crippen molar-refractivity contribution in [1.82, 2.24) is 0 Å². The fourth-order valence-corrected chi connectivity index (χ4v) is 0. The Morgan fingerprint density at radius 1 is 1.80 bits per heavy atom. The predicted octanol–water partition coefficient (Wildman–Crippen LogP) is 0.312. The molecule has 28 valence electrons. The van der Waals surface area contributed by atoms with Crippen molar-refractivity contribution < 1.29 is 26.6 Å². The SMILES string of the molecule is CON=O.[Ti]. The molecule has 0 unspecified atom stereocenters. The molecule has 0 aromatic heterocycles. The van der Waals surface area contributed by atoms with Crippen molar-refractivity contribution >= 4 is 0 Å². The van der Waals surface area contributed by atoms with Gasteiger partial charge in [-0.25, -0.2) is 0 Å². The van der Waals surface area contributed by atoms with Gasteiger partial charge in [-0.2, -0.15) is 0 Å². The molecule has 0 atom stereocenters. The number of hydrogen-bond acceptors (Lipinski definition) is 3. The zero-order valence-corrected chi connectivity index (χ0v) is 4.33. The third kappa shape index (κ3) is 14.8. The van der Waals surface area contributed by atoms with E-state index in [0.29, 0.717) is 0 Å². The first-order valence-electron chi connectivity index (χ1n) is 0.773. The summed E-state index contributed by atoms with van der Waals surface area (Å²) in [5, 5.41) is 1.99.